The molecule has 1 amide bonds. The Hall–Kier alpha value is -2.14. The number of aromatic nitrogens is 1. The topological polar surface area (TPSA) is 85.4 Å². The van der Waals surface area contributed by atoms with Gasteiger partial charge in [0.05, 0.1) is 12.6 Å². The Bertz CT molecular complexity index is 869. The number of carbonyl (C=O) groups excluding carboxylic acids is 1. The first-order valence-electron chi connectivity index (χ1n) is 7.01. The van der Waals surface area contributed by atoms with E-state index in [0.29, 0.717) is 5.56 Å². The lowest BCUT2D eigenvalue weighted by Gasteiger charge is -2.09. The highest BCUT2D eigenvalue weighted by Crippen LogP contribution is 2.18. The number of amides is 1. The Morgan fingerprint density at radius 2 is 1.81 bits per heavy atom. The third-order valence-electron chi connectivity index (χ3n) is 2.93. The van der Waals surface area contributed by atoms with Gasteiger partial charge in [-0.15, -0.1) is 0 Å². The van der Waals surface area contributed by atoms with E-state index in [4.69, 9.17) is 0 Å². The lowest BCUT2D eigenvalue weighted by atomic mass is 10.1. The summed E-state index contributed by atoms with van der Waals surface area (Å²) in [5.41, 5.74) is 0.606. The summed E-state index contributed by atoms with van der Waals surface area (Å²) in [5.74, 6) is -1.15. The Morgan fingerprint density at radius 3 is 2.35 bits per heavy atom. The number of sulfonamides is 1. The lowest BCUT2D eigenvalue weighted by Crippen LogP contribution is -2.31. The van der Waals surface area contributed by atoms with E-state index < -0.39 is 28.7 Å². The highest BCUT2D eigenvalue weighted by Gasteiger charge is 2.28. The predicted octanol–water partition coefficient (Wildman–Crippen LogP) is 2.83. The number of alkyl halides is 3. The van der Waals surface area contributed by atoms with Crippen molar-refractivity contribution in [1.82, 2.24) is 9.71 Å². The van der Waals surface area contributed by atoms with E-state index in [1.807, 2.05) is 4.72 Å². The van der Waals surface area contributed by atoms with Crippen molar-refractivity contribution in [1.29, 1.82) is 0 Å². The Labute approximate surface area is 155 Å². The zero-order valence-electron chi connectivity index (χ0n) is 13.0. The van der Waals surface area contributed by atoms with Gasteiger partial charge in [-0.1, -0.05) is 28.1 Å². The number of hydrogen-bond donors (Lipinski definition) is 1. The first kappa shape index (κ1) is 20.2. The molecule has 26 heavy (non-hydrogen) atoms. The fraction of sp³-hybridized carbons (Fsp3) is 0.200. The van der Waals surface area contributed by atoms with Crippen molar-refractivity contribution in [2.45, 2.75) is 17.5 Å². The van der Waals surface area contributed by atoms with Gasteiger partial charge in [0, 0.05) is 10.5 Å². The highest BCUT2D eigenvalue weighted by atomic mass is 79.9. The zero-order chi connectivity index (χ0) is 19.4. The van der Waals surface area contributed by atoms with Crippen LogP contribution in [0.15, 0.2) is 52.0 Å². The van der Waals surface area contributed by atoms with Crippen LogP contribution in [0.3, 0.4) is 0 Å². The third kappa shape index (κ3) is 6.30. The van der Waals surface area contributed by atoms with Crippen molar-refractivity contribution in [2.24, 2.45) is 0 Å². The van der Waals surface area contributed by atoms with Crippen LogP contribution < -0.4 is 9.46 Å². The van der Waals surface area contributed by atoms with E-state index in [2.05, 4.69) is 25.7 Å². The molecule has 0 radical (unpaired) electrons. The van der Waals surface area contributed by atoms with E-state index in [1.165, 1.54) is 0 Å². The Balaban J connectivity index is 2.00. The molecule has 0 spiro atoms. The molecule has 0 aliphatic heterocycles. The van der Waals surface area contributed by atoms with Crippen molar-refractivity contribution >= 4 is 31.9 Å². The second-order valence-electron chi connectivity index (χ2n) is 5.07. The Kier molecular flexibility index (Phi) is 6.24. The SMILES string of the molecule is O=C(Cc1ccc(Br)cc1)NS(=O)(=O)c1ccc(OCC(F)(F)F)nc1. The normalized spacial score (nSPS) is 11.8. The standard InChI is InChI=1S/C15H12BrF3N2O4S/c16-11-3-1-10(2-4-11)7-13(22)21-26(23,24)12-5-6-14(20-8-12)25-9-15(17,18)19/h1-6,8H,7,9H2,(H,21,22). The van der Waals surface area contributed by atoms with Crippen molar-refractivity contribution in [3.63, 3.8) is 0 Å². The Morgan fingerprint density at radius 1 is 1.15 bits per heavy atom. The van der Waals surface area contributed by atoms with E-state index in [1.54, 1.807) is 24.3 Å². The second-order valence-corrected chi connectivity index (χ2v) is 7.67. The molecule has 1 N–H and O–H groups in total. The molecule has 1 aromatic carbocycles. The van der Waals surface area contributed by atoms with Crippen molar-refractivity contribution in [3.05, 3.63) is 52.6 Å². The lowest BCUT2D eigenvalue weighted by molar-refractivity contribution is -0.154. The fourth-order valence-electron chi connectivity index (χ4n) is 1.80. The molecule has 11 heteroatoms. The molecule has 2 rings (SSSR count). The fourth-order valence-corrected chi connectivity index (χ4v) is 2.99. The number of nitrogens with one attached hydrogen (secondary N) is 1. The predicted molar refractivity (Wildman–Crippen MR) is 89.0 cm³/mol. The van der Waals surface area contributed by atoms with Gasteiger partial charge in [-0.3, -0.25) is 4.79 Å². The molecule has 6 nitrogen and oxygen atoms in total. The summed E-state index contributed by atoms with van der Waals surface area (Å²) < 4.78 is 67.5. The number of carbonyl (C=O) groups is 1. The summed E-state index contributed by atoms with van der Waals surface area (Å²) in [4.78, 5) is 15.0. The average molecular weight is 453 g/mol. The van der Waals surface area contributed by atoms with Crippen LogP contribution in [-0.2, 0) is 21.2 Å². The second kappa shape index (κ2) is 8.04. The van der Waals surface area contributed by atoms with Crippen LogP contribution in [0.1, 0.15) is 5.56 Å². The van der Waals surface area contributed by atoms with Gasteiger partial charge in [-0.2, -0.15) is 13.2 Å². The molecule has 0 aliphatic rings. The van der Waals surface area contributed by atoms with Crippen LogP contribution >= 0.6 is 15.9 Å². The van der Waals surface area contributed by atoms with E-state index in [0.717, 1.165) is 22.8 Å². The first-order chi connectivity index (χ1) is 12.0. The largest absolute Gasteiger partial charge is 0.468 e. The smallest absolute Gasteiger partial charge is 0.422 e. The maximum absolute atomic E-state index is 12.1. The molecule has 0 aliphatic carbocycles. The van der Waals surface area contributed by atoms with Crippen LogP contribution in [0.4, 0.5) is 13.2 Å². The quantitative estimate of drug-likeness (QED) is 0.728. The summed E-state index contributed by atoms with van der Waals surface area (Å²) >= 11 is 3.24. The third-order valence-corrected chi connectivity index (χ3v) is 4.82. The number of rotatable bonds is 6. The maximum Gasteiger partial charge on any atom is 0.422 e. The molecular weight excluding hydrogens is 441 g/mol. The molecule has 0 fully saturated rings. The molecule has 0 unspecified atom stereocenters. The minimum atomic E-state index is -4.53. The molecule has 0 atom stereocenters. The molecular formula is C15H12BrF3N2O4S. The molecule has 1 heterocycles. The number of hydrogen-bond acceptors (Lipinski definition) is 5. The molecule has 0 saturated carbocycles. The maximum atomic E-state index is 12.1. The van der Waals surface area contributed by atoms with Crippen LogP contribution in [-0.4, -0.2) is 32.1 Å². The summed E-state index contributed by atoms with van der Waals surface area (Å²) in [6.07, 6.45) is -3.89. The minimum Gasteiger partial charge on any atom is -0.468 e. The van der Waals surface area contributed by atoms with Gasteiger partial charge in [0.2, 0.25) is 11.8 Å². The first-order valence-corrected chi connectivity index (χ1v) is 9.28. The van der Waals surface area contributed by atoms with Gasteiger partial charge >= 0.3 is 6.18 Å². The van der Waals surface area contributed by atoms with Crippen LogP contribution in [0.5, 0.6) is 5.88 Å². The molecule has 2 aromatic rings. The summed E-state index contributed by atoms with van der Waals surface area (Å²) in [5, 5.41) is 0. The summed E-state index contributed by atoms with van der Waals surface area (Å²) in [6, 6.07) is 8.70. The molecule has 0 saturated heterocycles. The van der Waals surface area contributed by atoms with Crippen molar-refractivity contribution in [3.8, 4) is 5.88 Å². The molecule has 1 aromatic heterocycles. The van der Waals surface area contributed by atoms with Crippen LogP contribution in [0, 0.1) is 0 Å². The number of pyridine rings is 1. The number of benzene rings is 1. The summed E-state index contributed by atoms with van der Waals surface area (Å²) in [6.45, 7) is -1.55. The van der Waals surface area contributed by atoms with Gasteiger partial charge in [-0.05, 0) is 23.8 Å². The van der Waals surface area contributed by atoms with Gasteiger partial charge in [-0.25, -0.2) is 18.1 Å². The number of ether oxygens (including phenoxy) is 1. The highest BCUT2D eigenvalue weighted by molar-refractivity contribution is 9.10. The summed E-state index contributed by atoms with van der Waals surface area (Å²) in [7, 11) is -4.20. The van der Waals surface area contributed by atoms with Gasteiger partial charge in [0.25, 0.3) is 10.0 Å². The monoisotopic (exact) mass is 452 g/mol. The van der Waals surface area contributed by atoms with E-state index in [9.17, 15) is 26.4 Å². The van der Waals surface area contributed by atoms with Crippen LogP contribution in [0.25, 0.3) is 0 Å². The van der Waals surface area contributed by atoms with Gasteiger partial charge < -0.3 is 4.74 Å². The van der Waals surface area contributed by atoms with E-state index in [-0.39, 0.29) is 17.2 Å². The van der Waals surface area contributed by atoms with E-state index >= 15 is 0 Å². The zero-order valence-corrected chi connectivity index (χ0v) is 15.4. The average Bonchev–Trinajstić information content (AvgIpc) is 2.54. The van der Waals surface area contributed by atoms with Gasteiger partial charge in [0.15, 0.2) is 6.61 Å². The van der Waals surface area contributed by atoms with Crippen molar-refractivity contribution < 1.29 is 31.1 Å². The molecule has 140 valence electrons. The number of halogens is 4. The van der Waals surface area contributed by atoms with Crippen molar-refractivity contribution in [2.75, 3.05) is 6.61 Å². The van der Waals surface area contributed by atoms with Gasteiger partial charge in [0.1, 0.15) is 4.90 Å². The number of nitrogens with zero attached hydrogens (tertiary/aromatic N) is 1. The molecule has 0 bridgehead atoms. The minimum absolute atomic E-state index is 0.160. The van der Waals surface area contributed by atoms with Crippen LogP contribution in [0.2, 0.25) is 0 Å².